The zero-order valence-electron chi connectivity index (χ0n) is 12.5. The fourth-order valence-electron chi connectivity index (χ4n) is 2.91. The Morgan fingerprint density at radius 3 is 2.95 bits per heavy atom. The van der Waals surface area contributed by atoms with E-state index in [0.717, 1.165) is 28.5 Å². The van der Waals surface area contributed by atoms with Gasteiger partial charge in [0.1, 0.15) is 0 Å². The monoisotopic (exact) mass is 424 g/mol. The summed E-state index contributed by atoms with van der Waals surface area (Å²) in [5, 5.41) is 0. The zero-order chi connectivity index (χ0) is 15.7. The van der Waals surface area contributed by atoms with Crippen LogP contribution >= 0.6 is 31.9 Å². The summed E-state index contributed by atoms with van der Waals surface area (Å²) >= 11 is 7.08. The second kappa shape index (κ2) is 6.59. The van der Waals surface area contributed by atoms with Gasteiger partial charge in [0.2, 0.25) is 5.91 Å². The van der Waals surface area contributed by atoms with E-state index in [4.69, 9.17) is 0 Å². The number of benzene rings is 1. The molecule has 1 amide bonds. The van der Waals surface area contributed by atoms with Gasteiger partial charge >= 0.3 is 0 Å². The first kappa shape index (κ1) is 15.8. The van der Waals surface area contributed by atoms with Gasteiger partial charge in [-0.25, -0.2) is 0 Å². The third-order valence-corrected chi connectivity index (χ3v) is 6.13. The first-order valence-corrected chi connectivity index (χ1v) is 9.01. The van der Waals surface area contributed by atoms with Crippen molar-refractivity contribution >= 4 is 37.8 Å². The van der Waals surface area contributed by atoms with Gasteiger partial charge in [-0.3, -0.25) is 4.79 Å². The Labute approximate surface area is 147 Å². The molecule has 3 rings (SSSR count). The maximum Gasteiger partial charge on any atom is 0.223 e. The van der Waals surface area contributed by atoms with Gasteiger partial charge in [-0.2, -0.15) is 0 Å². The summed E-state index contributed by atoms with van der Waals surface area (Å²) in [6, 6.07) is 8.38. The topological polar surface area (TPSA) is 36.1 Å². The van der Waals surface area contributed by atoms with Crippen LogP contribution in [0.1, 0.15) is 28.8 Å². The molecule has 0 saturated carbocycles. The number of nitrogens with one attached hydrogen (secondary N) is 1. The number of amides is 1. The van der Waals surface area contributed by atoms with Crippen molar-refractivity contribution in [3.05, 3.63) is 55.7 Å². The highest BCUT2D eigenvalue weighted by atomic mass is 79.9. The number of nitrogens with zero attached hydrogens (tertiary/aromatic N) is 1. The number of aryl methyl sites for hydroxylation is 2. The van der Waals surface area contributed by atoms with E-state index in [0.29, 0.717) is 13.0 Å². The average molecular weight is 426 g/mol. The normalized spacial score (nSPS) is 14.0. The van der Waals surface area contributed by atoms with E-state index >= 15 is 0 Å². The van der Waals surface area contributed by atoms with Crippen LogP contribution in [0, 0.1) is 6.92 Å². The fraction of sp³-hybridized carbons (Fsp3) is 0.353. The lowest BCUT2D eigenvalue weighted by atomic mass is 10.0. The number of H-pyrrole nitrogens is 1. The molecule has 5 heteroatoms. The predicted octanol–water partition coefficient (Wildman–Crippen LogP) is 4.37. The van der Waals surface area contributed by atoms with Crippen molar-refractivity contribution in [2.24, 2.45) is 0 Å². The molecule has 116 valence electrons. The molecule has 0 unspecified atom stereocenters. The lowest BCUT2D eigenvalue weighted by Crippen LogP contribution is -2.36. The minimum atomic E-state index is 0.233. The SMILES string of the molecule is Cc1cccc(CCC(=O)N2CCc3[nH]c(Br)c(Br)c3C2)c1. The minimum absolute atomic E-state index is 0.233. The molecule has 0 fully saturated rings. The Morgan fingerprint density at radius 1 is 1.36 bits per heavy atom. The molecule has 3 nitrogen and oxygen atoms in total. The number of fused-ring (bicyclic) bond motifs is 1. The van der Waals surface area contributed by atoms with Gasteiger partial charge in [-0.15, -0.1) is 0 Å². The highest BCUT2D eigenvalue weighted by Crippen LogP contribution is 2.33. The first-order chi connectivity index (χ1) is 10.5. The molecule has 1 N–H and O–H groups in total. The Balaban J connectivity index is 1.63. The molecule has 1 aromatic carbocycles. The van der Waals surface area contributed by atoms with Crippen LogP contribution in [0.25, 0.3) is 0 Å². The standard InChI is InChI=1S/C17H18Br2N2O/c1-11-3-2-4-12(9-11)5-6-15(22)21-8-7-14-13(10-21)16(18)17(19)20-14/h2-4,9,20H,5-8,10H2,1H3. The van der Waals surface area contributed by atoms with Crippen LogP contribution in [0.2, 0.25) is 0 Å². The van der Waals surface area contributed by atoms with Gasteiger partial charge in [0.25, 0.3) is 0 Å². The molecule has 0 saturated heterocycles. The second-order valence-electron chi connectivity index (χ2n) is 5.76. The first-order valence-electron chi connectivity index (χ1n) is 7.42. The maximum absolute atomic E-state index is 12.5. The Kier molecular flexibility index (Phi) is 4.73. The van der Waals surface area contributed by atoms with E-state index in [-0.39, 0.29) is 5.91 Å². The van der Waals surface area contributed by atoms with Gasteiger partial charge in [0.05, 0.1) is 9.08 Å². The van der Waals surface area contributed by atoms with Crippen LogP contribution in [-0.2, 0) is 24.2 Å². The van der Waals surface area contributed by atoms with Gasteiger partial charge in [0, 0.05) is 37.2 Å². The fourth-order valence-corrected chi connectivity index (χ4v) is 3.85. The maximum atomic E-state index is 12.5. The van der Waals surface area contributed by atoms with Crippen molar-refractivity contribution in [1.29, 1.82) is 0 Å². The zero-order valence-corrected chi connectivity index (χ0v) is 15.6. The van der Waals surface area contributed by atoms with E-state index in [9.17, 15) is 4.79 Å². The van der Waals surface area contributed by atoms with Crippen LogP contribution in [0.5, 0.6) is 0 Å². The number of halogens is 2. The predicted molar refractivity (Wildman–Crippen MR) is 94.8 cm³/mol. The van der Waals surface area contributed by atoms with Crippen molar-refractivity contribution in [3.8, 4) is 0 Å². The molecule has 1 aromatic heterocycles. The van der Waals surface area contributed by atoms with Crippen LogP contribution in [0.3, 0.4) is 0 Å². The van der Waals surface area contributed by atoms with Gasteiger partial charge in [-0.1, -0.05) is 29.8 Å². The van der Waals surface area contributed by atoms with Gasteiger partial charge < -0.3 is 9.88 Å². The largest absolute Gasteiger partial charge is 0.352 e. The number of carbonyl (C=O) groups excluding carboxylic acids is 1. The second-order valence-corrected chi connectivity index (χ2v) is 7.35. The van der Waals surface area contributed by atoms with Crippen molar-refractivity contribution in [1.82, 2.24) is 9.88 Å². The van der Waals surface area contributed by atoms with E-state index < -0.39 is 0 Å². The van der Waals surface area contributed by atoms with Crippen molar-refractivity contribution in [2.45, 2.75) is 32.7 Å². The van der Waals surface area contributed by atoms with Crippen molar-refractivity contribution in [2.75, 3.05) is 6.54 Å². The quantitative estimate of drug-likeness (QED) is 0.778. The molecule has 0 aliphatic carbocycles. The molecule has 0 atom stereocenters. The third kappa shape index (κ3) is 3.30. The molecule has 0 radical (unpaired) electrons. The lowest BCUT2D eigenvalue weighted by molar-refractivity contribution is -0.132. The summed E-state index contributed by atoms with van der Waals surface area (Å²) in [5.41, 5.74) is 4.90. The van der Waals surface area contributed by atoms with Gasteiger partial charge in [0.15, 0.2) is 0 Å². The molecule has 2 aromatic rings. The molecule has 1 aliphatic rings. The number of rotatable bonds is 3. The van der Waals surface area contributed by atoms with E-state index in [1.807, 2.05) is 4.90 Å². The van der Waals surface area contributed by atoms with E-state index in [2.05, 4.69) is 68.0 Å². The number of carbonyl (C=O) groups is 1. The smallest absolute Gasteiger partial charge is 0.223 e. The Morgan fingerprint density at radius 2 is 2.18 bits per heavy atom. The highest BCUT2D eigenvalue weighted by molar-refractivity contribution is 9.13. The van der Waals surface area contributed by atoms with Crippen LogP contribution in [-0.4, -0.2) is 22.3 Å². The Hall–Kier alpha value is -1.07. The molecular weight excluding hydrogens is 408 g/mol. The lowest BCUT2D eigenvalue weighted by Gasteiger charge is -2.27. The van der Waals surface area contributed by atoms with E-state index in [1.54, 1.807) is 0 Å². The van der Waals surface area contributed by atoms with Crippen LogP contribution < -0.4 is 0 Å². The summed E-state index contributed by atoms with van der Waals surface area (Å²) in [4.78, 5) is 17.8. The highest BCUT2D eigenvalue weighted by Gasteiger charge is 2.24. The summed E-state index contributed by atoms with van der Waals surface area (Å²) in [6.07, 6.45) is 2.26. The molecule has 1 aliphatic heterocycles. The number of hydrogen-bond acceptors (Lipinski definition) is 1. The van der Waals surface area contributed by atoms with Crippen LogP contribution in [0.4, 0.5) is 0 Å². The molecule has 0 spiro atoms. The number of hydrogen-bond donors (Lipinski definition) is 1. The number of aromatic nitrogens is 1. The Bertz CT molecular complexity index is 709. The van der Waals surface area contributed by atoms with E-state index in [1.165, 1.54) is 22.4 Å². The van der Waals surface area contributed by atoms with Crippen molar-refractivity contribution < 1.29 is 4.79 Å². The summed E-state index contributed by atoms with van der Waals surface area (Å²) in [6.45, 7) is 3.56. The molecule has 22 heavy (non-hydrogen) atoms. The van der Waals surface area contributed by atoms with Crippen molar-refractivity contribution in [3.63, 3.8) is 0 Å². The summed E-state index contributed by atoms with van der Waals surface area (Å²) in [7, 11) is 0. The average Bonchev–Trinajstić information content (AvgIpc) is 2.79. The molecule has 2 heterocycles. The summed E-state index contributed by atoms with van der Waals surface area (Å²) < 4.78 is 2.00. The van der Waals surface area contributed by atoms with Crippen LogP contribution in [0.15, 0.2) is 33.3 Å². The molecule has 0 bridgehead atoms. The number of aromatic amines is 1. The van der Waals surface area contributed by atoms with Gasteiger partial charge in [-0.05, 0) is 50.8 Å². The molecular formula is C17H18Br2N2O. The third-order valence-electron chi connectivity index (χ3n) is 4.13. The minimum Gasteiger partial charge on any atom is -0.352 e. The summed E-state index contributed by atoms with van der Waals surface area (Å²) in [5.74, 6) is 0.233.